The second kappa shape index (κ2) is 25.2. The van der Waals surface area contributed by atoms with Crippen molar-refractivity contribution in [1.29, 1.82) is 0 Å². The molecule has 0 bridgehead atoms. The van der Waals surface area contributed by atoms with Crippen LogP contribution < -0.4 is 5.32 Å². The zero-order valence-electron chi connectivity index (χ0n) is 23.6. The number of nitrogens with zero attached hydrogens (tertiary/aromatic N) is 1. The molecule has 0 aliphatic heterocycles. The summed E-state index contributed by atoms with van der Waals surface area (Å²) in [5.74, 6) is -0.623. The van der Waals surface area contributed by atoms with Crippen LogP contribution in [0.3, 0.4) is 0 Å². The van der Waals surface area contributed by atoms with E-state index >= 15 is 0 Å². The summed E-state index contributed by atoms with van der Waals surface area (Å²) in [6.07, 6.45) is 11.0. The second-order valence-electron chi connectivity index (χ2n) is 9.74. The maximum absolute atomic E-state index is 12.1. The molecule has 0 aromatic heterocycles. The van der Waals surface area contributed by atoms with Crippen molar-refractivity contribution in [2.24, 2.45) is 5.92 Å². The number of hydrogen-bond acceptors (Lipinski definition) is 7. The minimum atomic E-state index is -1.09. The van der Waals surface area contributed by atoms with Gasteiger partial charge in [0, 0.05) is 39.4 Å². The van der Waals surface area contributed by atoms with E-state index in [0.717, 1.165) is 25.4 Å². The predicted molar refractivity (Wildman–Crippen MR) is 151 cm³/mol. The average Bonchev–Trinajstić information content (AvgIpc) is 2.89. The van der Waals surface area contributed by atoms with Crippen LogP contribution in [0.15, 0.2) is 24.3 Å². The van der Waals surface area contributed by atoms with E-state index in [4.69, 9.17) is 25.2 Å². The summed E-state index contributed by atoms with van der Waals surface area (Å²) in [5, 5.41) is 37.3. The Hall–Kier alpha value is -2.04. The Morgan fingerprint density at radius 1 is 0.789 bits per heavy atom. The zero-order valence-corrected chi connectivity index (χ0v) is 23.6. The standard InChI is InChI=1S/C23H37NO4.C6H15NO3/c1-19(2)13-8-6-4-3-5-7-11-17-28-18-12-16-24-22(25)20-14-9-10-15-21(20)23(26)27;8-4-1-7(2-5-9)3-6-10/h9-10,14-15,19H,3-8,11-13,16-18H2,1-2H3,(H,24,25)(H,26,27);8-10H,1-6H2. The van der Waals surface area contributed by atoms with E-state index in [0.29, 0.717) is 32.8 Å². The highest BCUT2D eigenvalue weighted by Crippen LogP contribution is 2.12. The topological polar surface area (TPSA) is 140 Å². The number of carboxylic acid groups (broad SMARTS) is 1. The normalized spacial score (nSPS) is 10.9. The van der Waals surface area contributed by atoms with Gasteiger partial charge < -0.3 is 30.5 Å². The number of aliphatic hydroxyl groups excluding tert-OH is 3. The van der Waals surface area contributed by atoms with Gasteiger partial charge in [-0.1, -0.05) is 70.9 Å². The summed E-state index contributed by atoms with van der Waals surface area (Å²) in [6, 6.07) is 6.24. The van der Waals surface area contributed by atoms with Crippen molar-refractivity contribution in [3.05, 3.63) is 35.4 Å². The Morgan fingerprint density at radius 2 is 1.29 bits per heavy atom. The fourth-order valence-electron chi connectivity index (χ4n) is 3.84. The summed E-state index contributed by atoms with van der Waals surface area (Å²) >= 11 is 0. The minimum absolute atomic E-state index is 0.0242. The highest BCUT2D eigenvalue weighted by Gasteiger charge is 2.14. The molecule has 0 fully saturated rings. The minimum Gasteiger partial charge on any atom is -0.478 e. The number of nitrogens with one attached hydrogen (secondary N) is 1. The lowest BCUT2D eigenvalue weighted by Crippen LogP contribution is -2.32. The molecule has 0 saturated carbocycles. The van der Waals surface area contributed by atoms with Crippen molar-refractivity contribution >= 4 is 11.9 Å². The third kappa shape index (κ3) is 20.0. The Labute approximate surface area is 229 Å². The monoisotopic (exact) mass is 540 g/mol. The molecule has 0 aliphatic rings. The molecule has 1 rings (SSSR count). The van der Waals surface area contributed by atoms with Crippen LogP contribution in [0.1, 0.15) is 92.4 Å². The van der Waals surface area contributed by atoms with Crippen molar-refractivity contribution in [3.8, 4) is 0 Å². The number of carbonyl (C=O) groups excluding carboxylic acids is 1. The molecule has 9 heteroatoms. The van der Waals surface area contributed by atoms with Crippen molar-refractivity contribution in [2.75, 3.05) is 59.2 Å². The van der Waals surface area contributed by atoms with Gasteiger partial charge in [0.05, 0.1) is 30.9 Å². The maximum atomic E-state index is 12.1. The van der Waals surface area contributed by atoms with Gasteiger partial charge in [-0.3, -0.25) is 9.69 Å². The van der Waals surface area contributed by atoms with Crippen molar-refractivity contribution in [1.82, 2.24) is 10.2 Å². The Bertz CT molecular complexity index is 702. The summed E-state index contributed by atoms with van der Waals surface area (Å²) in [7, 11) is 0. The fraction of sp³-hybridized carbons (Fsp3) is 0.724. The molecular weight excluding hydrogens is 488 g/mol. The predicted octanol–water partition coefficient (Wildman–Crippen LogP) is 3.56. The van der Waals surface area contributed by atoms with Crippen LogP contribution in [0.5, 0.6) is 0 Å². The first kappa shape index (κ1) is 36.0. The fourth-order valence-corrected chi connectivity index (χ4v) is 3.84. The Kier molecular flexibility index (Phi) is 23.9. The van der Waals surface area contributed by atoms with Crippen molar-refractivity contribution in [2.45, 2.75) is 71.6 Å². The number of carboxylic acids is 1. The van der Waals surface area contributed by atoms with E-state index in [2.05, 4.69) is 19.2 Å². The number of aliphatic hydroxyl groups is 3. The van der Waals surface area contributed by atoms with Gasteiger partial charge in [-0.2, -0.15) is 0 Å². The number of hydrogen-bond donors (Lipinski definition) is 5. The molecule has 0 spiro atoms. The first-order valence-corrected chi connectivity index (χ1v) is 14.1. The van der Waals surface area contributed by atoms with E-state index < -0.39 is 5.97 Å². The molecule has 1 aromatic rings. The van der Waals surface area contributed by atoms with Crippen LogP contribution in [0.2, 0.25) is 0 Å². The van der Waals surface area contributed by atoms with Gasteiger partial charge >= 0.3 is 5.97 Å². The molecule has 0 heterocycles. The molecule has 9 nitrogen and oxygen atoms in total. The number of ether oxygens (including phenoxy) is 1. The molecular formula is C29H52N2O7. The van der Waals surface area contributed by atoms with Gasteiger partial charge in [0.2, 0.25) is 0 Å². The van der Waals surface area contributed by atoms with E-state index in [1.165, 1.54) is 57.1 Å². The lowest BCUT2D eigenvalue weighted by Gasteiger charge is -2.17. The Balaban J connectivity index is 0.00000115. The van der Waals surface area contributed by atoms with E-state index in [1.54, 1.807) is 17.0 Å². The largest absolute Gasteiger partial charge is 0.478 e. The third-order valence-corrected chi connectivity index (χ3v) is 5.97. The van der Waals surface area contributed by atoms with E-state index in [1.807, 2.05) is 0 Å². The van der Waals surface area contributed by atoms with E-state index in [9.17, 15) is 9.59 Å². The smallest absolute Gasteiger partial charge is 0.336 e. The van der Waals surface area contributed by atoms with Crippen LogP contribution in [0, 0.1) is 5.92 Å². The molecule has 1 amide bonds. The van der Waals surface area contributed by atoms with Crippen LogP contribution in [-0.4, -0.2) is 96.4 Å². The number of aromatic carboxylic acids is 1. The van der Waals surface area contributed by atoms with Crippen LogP contribution >= 0.6 is 0 Å². The molecule has 0 atom stereocenters. The molecule has 1 aromatic carbocycles. The first-order chi connectivity index (χ1) is 18.4. The van der Waals surface area contributed by atoms with Crippen LogP contribution in [0.4, 0.5) is 0 Å². The molecule has 0 radical (unpaired) electrons. The van der Waals surface area contributed by atoms with Gasteiger partial charge in [-0.15, -0.1) is 0 Å². The van der Waals surface area contributed by atoms with Gasteiger partial charge in [0.15, 0.2) is 0 Å². The van der Waals surface area contributed by atoms with Crippen LogP contribution in [-0.2, 0) is 4.74 Å². The highest BCUT2D eigenvalue weighted by molar-refractivity contribution is 6.04. The molecule has 0 saturated heterocycles. The average molecular weight is 541 g/mol. The molecule has 220 valence electrons. The van der Waals surface area contributed by atoms with E-state index in [-0.39, 0.29) is 36.9 Å². The molecule has 0 aliphatic carbocycles. The quantitative estimate of drug-likeness (QED) is 0.141. The van der Waals surface area contributed by atoms with Gasteiger partial charge in [-0.25, -0.2) is 4.79 Å². The SMILES string of the molecule is CC(C)CCCCCCCCCOCCCNC(=O)c1ccccc1C(=O)O.OCCN(CCO)CCO. The number of carbonyl (C=O) groups is 2. The van der Waals surface area contributed by atoms with Gasteiger partial charge in [0.1, 0.15) is 0 Å². The molecule has 5 N–H and O–H groups in total. The van der Waals surface area contributed by atoms with Gasteiger partial charge in [-0.05, 0) is 30.9 Å². The number of unbranched alkanes of at least 4 members (excludes halogenated alkanes) is 6. The molecule has 0 unspecified atom stereocenters. The zero-order chi connectivity index (χ0) is 28.4. The maximum Gasteiger partial charge on any atom is 0.336 e. The summed E-state index contributed by atoms with van der Waals surface area (Å²) in [6.45, 7) is 8.17. The lowest BCUT2D eigenvalue weighted by molar-refractivity contribution is 0.0690. The summed E-state index contributed by atoms with van der Waals surface area (Å²) < 4.78 is 5.61. The second-order valence-corrected chi connectivity index (χ2v) is 9.74. The highest BCUT2D eigenvalue weighted by atomic mass is 16.5. The first-order valence-electron chi connectivity index (χ1n) is 14.1. The third-order valence-electron chi connectivity index (χ3n) is 5.97. The van der Waals surface area contributed by atoms with Crippen LogP contribution in [0.25, 0.3) is 0 Å². The van der Waals surface area contributed by atoms with Crippen molar-refractivity contribution < 1.29 is 34.8 Å². The summed E-state index contributed by atoms with van der Waals surface area (Å²) in [5.41, 5.74) is 0.219. The molecule has 38 heavy (non-hydrogen) atoms. The van der Waals surface area contributed by atoms with Gasteiger partial charge in [0.25, 0.3) is 5.91 Å². The number of benzene rings is 1. The lowest BCUT2D eigenvalue weighted by atomic mass is 10.0. The number of rotatable bonds is 22. The van der Waals surface area contributed by atoms with Crippen molar-refractivity contribution in [3.63, 3.8) is 0 Å². The Morgan fingerprint density at radius 3 is 1.82 bits per heavy atom. The summed E-state index contributed by atoms with van der Waals surface area (Å²) in [4.78, 5) is 25.0. The number of amides is 1.